The van der Waals surface area contributed by atoms with Crippen LogP contribution in [0.5, 0.6) is 0 Å². The van der Waals surface area contributed by atoms with E-state index in [0.717, 1.165) is 25.7 Å². The molecular weight excluding hydrogens is 228 g/mol. The van der Waals surface area contributed by atoms with Crippen molar-refractivity contribution < 1.29 is 18.3 Å². The number of carboxylic acids is 1. The fourth-order valence-corrected chi connectivity index (χ4v) is 5.17. The van der Waals surface area contributed by atoms with Crippen molar-refractivity contribution in [1.82, 2.24) is 0 Å². The van der Waals surface area contributed by atoms with E-state index >= 15 is 0 Å². The van der Waals surface area contributed by atoms with Gasteiger partial charge in [0.1, 0.15) is 0 Å². The minimum Gasteiger partial charge on any atom is -0.481 e. The zero-order valence-corrected chi connectivity index (χ0v) is 10.1. The van der Waals surface area contributed by atoms with Gasteiger partial charge in [-0.3, -0.25) is 4.79 Å². The van der Waals surface area contributed by atoms with Crippen molar-refractivity contribution in [2.24, 2.45) is 11.3 Å². The minimum absolute atomic E-state index is 0.0476. The van der Waals surface area contributed by atoms with Crippen LogP contribution in [0.4, 0.5) is 0 Å². The largest absolute Gasteiger partial charge is 0.481 e. The van der Waals surface area contributed by atoms with Crippen molar-refractivity contribution in [3.05, 3.63) is 0 Å². The third-order valence-electron chi connectivity index (χ3n) is 4.00. The number of rotatable bonds is 3. The Kier molecular flexibility index (Phi) is 2.99. The lowest BCUT2D eigenvalue weighted by Gasteiger charge is -2.25. The Hall–Kier alpha value is -0.580. The highest BCUT2D eigenvalue weighted by molar-refractivity contribution is 7.91. The molecular formula is C11H18O4S. The summed E-state index contributed by atoms with van der Waals surface area (Å²) >= 11 is 0. The van der Waals surface area contributed by atoms with E-state index in [-0.39, 0.29) is 11.5 Å². The maximum Gasteiger partial charge on any atom is 0.310 e. The number of carboxylic acid groups (broad SMARTS) is 1. The summed E-state index contributed by atoms with van der Waals surface area (Å²) in [6, 6.07) is 0. The lowest BCUT2D eigenvalue weighted by atomic mass is 9.78. The van der Waals surface area contributed by atoms with Gasteiger partial charge in [-0.1, -0.05) is 25.7 Å². The van der Waals surface area contributed by atoms with E-state index < -0.39 is 21.2 Å². The molecule has 2 aliphatic rings. The SMILES string of the molecule is O=C(O)C1(CC2CCCC2)CCS(=O)(=O)C1. The van der Waals surface area contributed by atoms with Crippen LogP contribution in [-0.2, 0) is 14.6 Å². The van der Waals surface area contributed by atoms with Crippen LogP contribution in [0.1, 0.15) is 38.5 Å². The zero-order valence-electron chi connectivity index (χ0n) is 9.31. The fourth-order valence-electron chi connectivity index (χ4n) is 3.10. The topological polar surface area (TPSA) is 71.4 Å². The monoisotopic (exact) mass is 246 g/mol. The average molecular weight is 246 g/mol. The predicted octanol–water partition coefficient (Wildman–Crippen LogP) is 1.46. The molecule has 5 heteroatoms. The number of carbonyl (C=O) groups is 1. The molecule has 0 aromatic heterocycles. The predicted molar refractivity (Wildman–Crippen MR) is 59.9 cm³/mol. The Morgan fingerprint density at radius 3 is 2.38 bits per heavy atom. The molecule has 1 unspecified atom stereocenters. The van der Waals surface area contributed by atoms with Crippen molar-refractivity contribution in [3.8, 4) is 0 Å². The molecule has 1 atom stereocenters. The molecule has 1 aliphatic carbocycles. The molecule has 0 amide bonds. The Labute approximate surface area is 96.0 Å². The van der Waals surface area contributed by atoms with Gasteiger partial charge >= 0.3 is 5.97 Å². The Bertz CT molecular complexity index is 381. The first-order valence-corrected chi connectivity index (χ1v) is 7.70. The van der Waals surface area contributed by atoms with E-state index in [0.29, 0.717) is 18.8 Å². The first-order chi connectivity index (χ1) is 7.44. The second kappa shape index (κ2) is 4.02. The molecule has 16 heavy (non-hydrogen) atoms. The van der Waals surface area contributed by atoms with E-state index in [9.17, 15) is 18.3 Å². The highest BCUT2D eigenvalue weighted by Gasteiger charge is 2.49. The van der Waals surface area contributed by atoms with Crippen LogP contribution in [-0.4, -0.2) is 31.0 Å². The second-order valence-corrected chi connectivity index (χ2v) is 7.47. The number of aliphatic carboxylic acids is 1. The maximum atomic E-state index is 11.5. The van der Waals surface area contributed by atoms with Crippen LogP contribution in [0.25, 0.3) is 0 Å². The van der Waals surface area contributed by atoms with Crippen molar-refractivity contribution in [3.63, 3.8) is 0 Å². The van der Waals surface area contributed by atoms with Gasteiger partial charge in [0.15, 0.2) is 9.84 Å². The van der Waals surface area contributed by atoms with E-state index in [1.54, 1.807) is 0 Å². The average Bonchev–Trinajstić information content (AvgIpc) is 2.75. The Morgan fingerprint density at radius 1 is 1.31 bits per heavy atom. The van der Waals surface area contributed by atoms with E-state index in [1.807, 2.05) is 0 Å². The Morgan fingerprint density at radius 2 is 1.94 bits per heavy atom. The molecule has 1 N–H and O–H groups in total. The van der Waals surface area contributed by atoms with Crippen molar-refractivity contribution >= 4 is 15.8 Å². The summed E-state index contributed by atoms with van der Waals surface area (Å²) in [7, 11) is -3.12. The van der Waals surface area contributed by atoms with Crippen LogP contribution >= 0.6 is 0 Å². The molecule has 2 fully saturated rings. The zero-order chi connectivity index (χ0) is 11.8. The van der Waals surface area contributed by atoms with Gasteiger partial charge in [-0.15, -0.1) is 0 Å². The van der Waals surface area contributed by atoms with Gasteiger partial charge in [0.2, 0.25) is 0 Å². The highest BCUT2D eigenvalue weighted by atomic mass is 32.2. The molecule has 0 aromatic rings. The smallest absolute Gasteiger partial charge is 0.310 e. The summed E-state index contributed by atoms with van der Waals surface area (Å²) in [4.78, 5) is 11.3. The van der Waals surface area contributed by atoms with Gasteiger partial charge in [-0.05, 0) is 18.8 Å². The first kappa shape index (κ1) is 11.9. The van der Waals surface area contributed by atoms with Crippen LogP contribution < -0.4 is 0 Å². The van der Waals surface area contributed by atoms with Crippen molar-refractivity contribution in [2.75, 3.05) is 11.5 Å². The van der Waals surface area contributed by atoms with Gasteiger partial charge in [0, 0.05) is 0 Å². The van der Waals surface area contributed by atoms with E-state index in [4.69, 9.17) is 0 Å². The van der Waals surface area contributed by atoms with Gasteiger partial charge < -0.3 is 5.11 Å². The fraction of sp³-hybridized carbons (Fsp3) is 0.909. The summed E-state index contributed by atoms with van der Waals surface area (Å²) < 4.78 is 22.9. The molecule has 0 radical (unpaired) electrons. The molecule has 1 heterocycles. The number of hydrogen-bond acceptors (Lipinski definition) is 3. The van der Waals surface area contributed by atoms with Crippen LogP contribution in [0.15, 0.2) is 0 Å². The maximum absolute atomic E-state index is 11.5. The van der Waals surface area contributed by atoms with Crippen LogP contribution in [0.2, 0.25) is 0 Å². The molecule has 92 valence electrons. The van der Waals surface area contributed by atoms with Crippen molar-refractivity contribution in [2.45, 2.75) is 38.5 Å². The molecule has 0 bridgehead atoms. The third-order valence-corrected chi connectivity index (χ3v) is 5.81. The summed E-state index contributed by atoms with van der Waals surface area (Å²) in [5, 5.41) is 9.29. The van der Waals surface area contributed by atoms with Crippen molar-refractivity contribution in [1.29, 1.82) is 0 Å². The van der Waals surface area contributed by atoms with Gasteiger partial charge in [-0.2, -0.15) is 0 Å². The molecule has 1 saturated carbocycles. The van der Waals surface area contributed by atoms with Crippen LogP contribution in [0.3, 0.4) is 0 Å². The highest BCUT2D eigenvalue weighted by Crippen LogP contribution is 2.42. The molecule has 0 spiro atoms. The molecule has 1 saturated heterocycles. The van der Waals surface area contributed by atoms with Gasteiger partial charge in [-0.25, -0.2) is 8.42 Å². The summed E-state index contributed by atoms with van der Waals surface area (Å²) in [5.41, 5.74) is -0.978. The summed E-state index contributed by atoms with van der Waals surface area (Å²) in [5.74, 6) is -0.595. The standard InChI is InChI=1S/C11H18O4S/c12-10(13)11(5-6-16(14,15)8-11)7-9-3-1-2-4-9/h9H,1-8H2,(H,12,13). The second-order valence-electron chi connectivity index (χ2n) is 5.28. The Balaban J connectivity index is 2.14. The van der Waals surface area contributed by atoms with E-state index in [2.05, 4.69) is 0 Å². The lowest BCUT2D eigenvalue weighted by molar-refractivity contribution is -0.148. The molecule has 2 rings (SSSR count). The quantitative estimate of drug-likeness (QED) is 0.818. The van der Waals surface area contributed by atoms with Gasteiger partial charge in [0.25, 0.3) is 0 Å². The normalized spacial score (nSPS) is 34.2. The lowest BCUT2D eigenvalue weighted by Crippen LogP contribution is -2.34. The number of sulfone groups is 1. The van der Waals surface area contributed by atoms with E-state index in [1.165, 1.54) is 0 Å². The number of hydrogen-bond donors (Lipinski definition) is 1. The first-order valence-electron chi connectivity index (χ1n) is 5.87. The van der Waals surface area contributed by atoms with Gasteiger partial charge in [0.05, 0.1) is 16.9 Å². The third kappa shape index (κ3) is 2.24. The summed E-state index contributed by atoms with van der Waals surface area (Å²) in [6.45, 7) is 0. The minimum atomic E-state index is -3.12. The van der Waals surface area contributed by atoms with Crippen LogP contribution in [0, 0.1) is 11.3 Å². The molecule has 1 aliphatic heterocycles. The molecule has 0 aromatic carbocycles. The summed E-state index contributed by atoms with van der Waals surface area (Å²) in [6.07, 6.45) is 5.31. The molecule has 4 nitrogen and oxygen atoms in total.